The molecular formula is C14H14BrClFNS. The third-order valence-corrected chi connectivity index (χ3v) is 5.60. The lowest BCUT2D eigenvalue weighted by atomic mass is 10.0. The van der Waals surface area contributed by atoms with E-state index in [9.17, 15) is 4.39 Å². The summed E-state index contributed by atoms with van der Waals surface area (Å²) in [6.45, 7) is 2.00. The molecular weight excluding hydrogens is 349 g/mol. The van der Waals surface area contributed by atoms with Crippen molar-refractivity contribution < 1.29 is 4.39 Å². The van der Waals surface area contributed by atoms with E-state index in [1.165, 1.54) is 12.1 Å². The third kappa shape index (κ3) is 3.37. The van der Waals surface area contributed by atoms with E-state index >= 15 is 0 Å². The number of likely N-dealkylation sites (N-methyl/N-ethyl adjacent to an activating group) is 1. The minimum absolute atomic E-state index is 0.132. The molecule has 1 aromatic carbocycles. The number of hydrogen-bond acceptors (Lipinski definition) is 2. The quantitative estimate of drug-likeness (QED) is 0.796. The van der Waals surface area contributed by atoms with Crippen LogP contribution >= 0.6 is 38.9 Å². The fourth-order valence-corrected chi connectivity index (χ4v) is 3.87. The van der Waals surface area contributed by atoms with E-state index in [0.29, 0.717) is 0 Å². The van der Waals surface area contributed by atoms with Crippen molar-refractivity contribution in [3.05, 3.63) is 54.9 Å². The van der Waals surface area contributed by atoms with Gasteiger partial charge >= 0.3 is 0 Å². The first-order valence-electron chi connectivity index (χ1n) is 5.87. The normalized spacial score (nSPS) is 12.7. The summed E-state index contributed by atoms with van der Waals surface area (Å²) in [4.78, 5) is 1.12. The smallest absolute Gasteiger partial charge is 0.124 e. The second-order valence-electron chi connectivity index (χ2n) is 4.38. The SMILES string of the molecule is CNC(Cc1ccc(F)cc1Br)c1scc(C)c1Cl. The Morgan fingerprint density at radius 1 is 1.47 bits per heavy atom. The molecule has 1 heterocycles. The van der Waals surface area contributed by atoms with E-state index < -0.39 is 0 Å². The van der Waals surface area contributed by atoms with E-state index in [4.69, 9.17) is 11.6 Å². The van der Waals surface area contributed by atoms with Crippen LogP contribution in [-0.2, 0) is 6.42 Å². The van der Waals surface area contributed by atoms with E-state index in [1.807, 2.05) is 14.0 Å². The van der Waals surface area contributed by atoms with Gasteiger partial charge in [-0.1, -0.05) is 33.6 Å². The molecule has 2 rings (SSSR count). The summed E-state index contributed by atoms with van der Waals surface area (Å²) in [6.07, 6.45) is 0.761. The zero-order valence-electron chi connectivity index (χ0n) is 10.6. The summed E-state index contributed by atoms with van der Waals surface area (Å²) in [5, 5.41) is 6.15. The van der Waals surface area contributed by atoms with Crippen molar-refractivity contribution in [2.45, 2.75) is 19.4 Å². The summed E-state index contributed by atoms with van der Waals surface area (Å²) < 4.78 is 13.9. The Balaban J connectivity index is 2.26. The number of hydrogen-bond donors (Lipinski definition) is 1. The van der Waals surface area contributed by atoms with Gasteiger partial charge in [0.05, 0.1) is 5.02 Å². The van der Waals surface area contributed by atoms with Gasteiger partial charge < -0.3 is 5.32 Å². The van der Waals surface area contributed by atoms with Crippen LogP contribution in [0.25, 0.3) is 0 Å². The lowest BCUT2D eigenvalue weighted by Gasteiger charge is -2.16. The summed E-state index contributed by atoms with van der Waals surface area (Å²) in [7, 11) is 1.91. The van der Waals surface area contributed by atoms with Gasteiger partial charge in [0.2, 0.25) is 0 Å². The summed E-state index contributed by atoms with van der Waals surface area (Å²) >= 11 is 11.4. The number of rotatable bonds is 4. The van der Waals surface area contributed by atoms with Gasteiger partial charge in [0, 0.05) is 15.4 Å². The highest BCUT2D eigenvalue weighted by atomic mass is 79.9. The molecule has 0 amide bonds. The molecule has 1 atom stereocenters. The molecule has 0 aliphatic heterocycles. The van der Waals surface area contributed by atoms with Crippen molar-refractivity contribution in [2.24, 2.45) is 0 Å². The van der Waals surface area contributed by atoms with Gasteiger partial charge in [-0.3, -0.25) is 0 Å². The second-order valence-corrected chi connectivity index (χ2v) is 6.52. The van der Waals surface area contributed by atoms with Gasteiger partial charge in [0.15, 0.2) is 0 Å². The van der Waals surface area contributed by atoms with Crippen LogP contribution in [0.3, 0.4) is 0 Å². The van der Waals surface area contributed by atoms with Crippen LogP contribution < -0.4 is 5.32 Å². The Kier molecular flexibility index (Phi) is 5.01. The molecule has 1 aromatic heterocycles. The van der Waals surface area contributed by atoms with Crippen molar-refractivity contribution in [1.29, 1.82) is 0 Å². The molecule has 0 aliphatic rings. The van der Waals surface area contributed by atoms with Crippen LogP contribution in [0.4, 0.5) is 4.39 Å². The van der Waals surface area contributed by atoms with Gasteiger partial charge in [-0.05, 0) is 49.0 Å². The predicted octanol–water partition coefficient (Wildman–Crippen LogP) is 5.11. The molecule has 0 fully saturated rings. The van der Waals surface area contributed by atoms with Gasteiger partial charge in [-0.25, -0.2) is 4.39 Å². The monoisotopic (exact) mass is 361 g/mol. The molecule has 19 heavy (non-hydrogen) atoms. The standard InChI is InChI=1S/C14H14BrClFNS/c1-8-7-19-14(13(8)16)12(18-2)5-9-3-4-10(17)6-11(9)15/h3-4,6-7,12,18H,5H2,1-2H3. The molecule has 2 aromatic rings. The van der Waals surface area contributed by atoms with Crippen molar-refractivity contribution in [3.8, 4) is 0 Å². The minimum atomic E-state index is -0.235. The molecule has 0 radical (unpaired) electrons. The van der Waals surface area contributed by atoms with Crippen molar-refractivity contribution in [3.63, 3.8) is 0 Å². The first-order chi connectivity index (χ1) is 9.02. The van der Waals surface area contributed by atoms with Crippen LogP contribution in [0.2, 0.25) is 5.02 Å². The van der Waals surface area contributed by atoms with Crippen LogP contribution in [-0.4, -0.2) is 7.05 Å². The minimum Gasteiger partial charge on any atom is -0.312 e. The molecule has 102 valence electrons. The lowest BCUT2D eigenvalue weighted by Crippen LogP contribution is -2.18. The second kappa shape index (κ2) is 6.35. The van der Waals surface area contributed by atoms with E-state index in [1.54, 1.807) is 17.4 Å². The van der Waals surface area contributed by atoms with Crippen LogP contribution in [0, 0.1) is 12.7 Å². The number of halogens is 3. The fourth-order valence-electron chi connectivity index (χ4n) is 1.92. The highest BCUT2D eigenvalue weighted by Gasteiger charge is 2.18. The molecule has 5 heteroatoms. The van der Waals surface area contributed by atoms with Gasteiger partial charge in [-0.15, -0.1) is 11.3 Å². The first-order valence-corrected chi connectivity index (χ1v) is 7.92. The Labute approximate surface area is 129 Å². The zero-order valence-corrected chi connectivity index (χ0v) is 13.8. The van der Waals surface area contributed by atoms with Crippen molar-refractivity contribution >= 4 is 38.9 Å². The molecule has 0 bridgehead atoms. The molecule has 0 spiro atoms. The summed E-state index contributed by atoms with van der Waals surface area (Å²) in [5.74, 6) is -0.235. The largest absolute Gasteiger partial charge is 0.312 e. The van der Waals surface area contributed by atoms with E-state index in [2.05, 4.69) is 26.6 Å². The average molecular weight is 363 g/mol. The predicted molar refractivity (Wildman–Crippen MR) is 83.7 cm³/mol. The maximum Gasteiger partial charge on any atom is 0.124 e. The van der Waals surface area contributed by atoms with Crippen LogP contribution in [0.1, 0.15) is 22.0 Å². The molecule has 0 aliphatic carbocycles. The van der Waals surface area contributed by atoms with Crippen LogP contribution in [0.5, 0.6) is 0 Å². The molecule has 1 nitrogen and oxygen atoms in total. The number of aryl methyl sites for hydroxylation is 1. The number of benzene rings is 1. The third-order valence-electron chi connectivity index (χ3n) is 3.03. The Morgan fingerprint density at radius 3 is 2.74 bits per heavy atom. The first kappa shape index (κ1) is 15.0. The van der Waals surface area contributed by atoms with E-state index in [-0.39, 0.29) is 11.9 Å². The summed E-state index contributed by atoms with van der Waals surface area (Å²) in [6, 6.07) is 4.91. The average Bonchev–Trinajstić information content (AvgIpc) is 2.70. The maximum atomic E-state index is 13.1. The summed E-state index contributed by atoms with van der Waals surface area (Å²) in [5.41, 5.74) is 2.16. The van der Waals surface area contributed by atoms with E-state index in [0.717, 1.165) is 31.9 Å². The fraction of sp³-hybridized carbons (Fsp3) is 0.286. The molecule has 1 N–H and O–H groups in total. The molecule has 0 saturated carbocycles. The number of thiophene rings is 1. The molecule has 0 saturated heterocycles. The Morgan fingerprint density at radius 2 is 2.21 bits per heavy atom. The van der Waals surface area contributed by atoms with Gasteiger partial charge in [-0.2, -0.15) is 0 Å². The Bertz CT molecular complexity index is 585. The topological polar surface area (TPSA) is 12.0 Å². The van der Waals surface area contributed by atoms with Crippen molar-refractivity contribution in [1.82, 2.24) is 5.32 Å². The maximum absolute atomic E-state index is 13.1. The number of nitrogens with one attached hydrogen (secondary N) is 1. The van der Waals surface area contributed by atoms with Gasteiger partial charge in [0.25, 0.3) is 0 Å². The Hall–Kier alpha value is -0.420. The van der Waals surface area contributed by atoms with Gasteiger partial charge in [0.1, 0.15) is 5.82 Å². The van der Waals surface area contributed by atoms with Crippen molar-refractivity contribution in [2.75, 3.05) is 7.05 Å². The van der Waals surface area contributed by atoms with Crippen LogP contribution in [0.15, 0.2) is 28.1 Å². The highest BCUT2D eigenvalue weighted by molar-refractivity contribution is 9.10. The molecule has 1 unspecified atom stereocenters. The lowest BCUT2D eigenvalue weighted by molar-refractivity contribution is 0.596. The highest BCUT2D eigenvalue weighted by Crippen LogP contribution is 2.34. The zero-order chi connectivity index (χ0) is 14.0.